The minimum Gasteiger partial charge on any atom is -0.495 e. The maximum Gasteiger partial charge on any atom is 0.238 e. The Kier molecular flexibility index (Phi) is 4.98. The Morgan fingerprint density at radius 2 is 2.00 bits per heavy atom. The van der Waals surface area contributed by atoms with Gasteiger partial charge in [0, 0.05) is 13.6 Å². The van der Waals surface area contributed by atoms with Gasteiger partial charge in [-0.25, -0.2) is 8.42 Å². The van der Waals surface area contributed by atoms with Gasteiger partial charge in [0.15, 0.2) is 0 Å². The van der Waals surface area contributed by atoms with Crippen LogP contribution in [0.15, 0.2) is 24.3 Å². The summed E-state index contributed by atoms with van der Waals surface area (Å²) in [6.07, 6.45) is 0. The number of anilines is 1. The minimum atomic E-state index is -3.40. The number of rotatable bonds is 6. The topological polar surface area (TPSA) is 58.6 Å². The standard InChI is InChI=1S/C12H20N2O3S/c1-10(9-13-2)18(15,16)14(3)11-7-5-6-8-12(11)17-4/h5-8,10,13H,9H2,1-4H3. The molecule has 1 N–H and O–H groups in total. The van der Waals surface area contributed by atoms with Crippen molar-refractivity contribution >= 4 is 15.7 Å². The molecule has 18 heavy (non-hydrogen) atoms. The van der Waals surface area contributed by atoms with Crippen LogP contribution >= 0.6 is 0 Å². The van der Waals surface area contributed by atoms with E-state index in [4.69, 9.17) is 4.74 Å². The maximum atomic E-state index is 12.3. The Hall–Kier alpha value is -1.27. The molecule has 0 aromatic heterocycles. The van der Waals surface area contributed by atoms with Crippen molar-refractivity contribution in [2.45, 2.75) is 12.2 Å². The number of methoxy groups -OCH3 is 1. The summed E-state index contributed by atoms with van der Waals surface area (Å²) in [4.78, 5) is 0. The molecule has 1 aromatic rings. The van der Waals surface area contributed by atoms with Gasteiger partial charge in [0.1, 0.15) is 5.75 Å². The maximum absolute atomic E-state index is 12.3. The summed E-state index contributed by atoms with van der Waals surface area (Å²) < 4.78 is 31.1. The van der Waals surface area contributed by atoms with Gasteiger partial charge in [-0.3, -0.25) is 4.31 Å². The van der Waals surface area contributed by atoms with Gasteiger partial charge >= 0.3 is 0 Å². The third kappa shape index (κ3) is 2.94. The monoisotopic (exact) mass is 272 g/mol. The number of para-hydroxylation sites is 2. The lowest BCUT2D eigenvalue weighted by molar-refractivity contribution is 0.415. The summed E-state index contributed by atoms with van der Waals surface area (Å²) >= 11 is 0. The SMILES string of the molecule is CNCC(C)S(=O)(=O)N(C)c1ccccc1OC. The van der Waals surface area contributed by atoms with Crippen molar-refractivity contribution in [1.82, 2.24) is 5.32 Å². The molecule has 0 aliphatic carbocycles. The van der Waals surface area contributed by atoms with E-state index in [9.17, 15) is 8.42 Å². The number of benzene rings is 1. The fourth-order valence-corrected chi connectivity index (χ4v) is 3.03. The van der Waals surface area contributed by atoms with Crippen LogP contribution in [0.3, 0.4) is 0 Å². The smallest absolute Gasteiger partial charge is 0.238 e. The van der Waals surface area contributed by atoms with Crippen molar-refractivity contribution in [3.8, 4) is 5.75 Å². The molecular formula is C12H20N2O3S. The van der Waals surface area contributed by atoms with Gasteiger partial charge in [-0.1, -0.05) is 12.1 Å². The van der Waals surface area contributed by atoms with E-state index in [-0.39, 0.29) is 0 Å². The molecular weight excluding hydrogens is 252 g/mol. The molecule has 102 valence electrons. The van der Waals surface area contributed by atoms with Crippen LogP contribution < -0.4 is 14.4 Å². The largest absolute Gasteiger partial charge is 0.495 e. The summed E-state index contributed by atoms with van der Waals surface area (Å²) in [5, 5.41) is 2.37. The highest BCUT2D eigenvalue weighted by molar-refractivity contribution is 7.93. The Balaban J connectivity index is 3.09. The molecule has 0 bridgehead atoms. The predicted molar refractivity (Wildman–Crippen MR) is 73.7 cm³/mol. The van der Waals surface area contributed by atoms with Crippen LogP contribution in [-0.4, -0.2) is 41.4 Å². The van der Waals surface area contributed by atoms with Gasteiger partial charge in [0.2, 0.25) is 10.0 Å². The Labute approximate surface area is 109 Å². The fourth-order valence-electron chi connectivity index (χ4n) is 1.69. The summed E-state index contributed by atoms with van der Waals surface area (Å²) in [6.45, 7) is 2.08. The van der Waals surface area contributed by atoms with Crippen LogP contribution in [0.2, 0.25) is 0 Å². The molecule has 1 rings (SSSR count). The third-order valence-corrected chi connectivity index (χ3v) is 4.95. The number of ether oxygens (including phenoxy) is 1. The van der Waals surface area contributed by atoms with Crippen molar-refractivity contribution in [1.29, 1.82) is 0 Å². The van der Waals surface area contributed by atoms with Crippen LogP contribution in [0, 0.1) is 0 Å². The lowest BCUT2D eigenvalue weighted by Gasteiger charge is -2.25. The highest BCUT2D eigenvalue weighted by Gasteiger charge is 2.27. The summed E-state index contributed by atoms with van der Waals surface area (Å²) in [6, 6.07) is 7.05. The van der Waals surface area contributed by atoms with E-state index >= 15 is 0 Å². The molecule has 5 nitrogen and oxygen atoms in total. The second-order valence-electron chi connectivity index (χ2n) is 4.05. The highest BCUT2D eigenvalue weighted by atomic mass is 32.2. The average molecular weight is 272 g/mol. The zero-order chi connectivity index (χ0) is 13.8. The van der Waals surface area contributed by atoms with Crippen LogP contribution in [-0.2, 0) is 10.0 Å². The molecule has 0 saturated carbocycles. The van der Waals surface area contributed by atoms with Crippen LogP contribution in [0.4, 0.5) is 5.69 Å². The molecule has 0 saturated heterocycles. The van der Waals surface area contributed by atoms with E-state index in [1.807, 2.05) is 0 Å². The molecule has 0 heterocycles. The minimum absolute atomic E-state index is 0.405. The fraction of sp³-hybridized carbons (Fsp3) is 0.500. The van der Waals surface area contributed by atoms with Crippen LogP contribution in [0.5, 0.6) is 5.75 Å². The molecule has 0 fully saturated rings. The highest BCUT2D eigenvalue weighted by Crippen LogP contribution is 2.29. The van der Waals surface area contributed by atoms with E-state index in [0.29, 0.717) is 18.0 Å². The van der Waals surface area contributed by atoms with E-state index in [1.54, 1.807) is 45.3 Å². The molecule has 0 aliphatic heterocycles. The lowest BCUT2D eigenvalue weighted by atomic mass is 10.3. The van der Waals surface area contributed by atoms with Crippen LogP contribution in [0.25, 0.3) is 0 Å². The quantitative estimate of drug-likeness (QED) is 0.841. The average Bonchev–Trinajstić information content (AvgIpc) is 2.38. The van der Waals surface area contributed by atoms with Crippen molar-refractivity contribution in [3.63, 3.8) is 0 Å². The molecule has 0 spiro atoms. The normalized spacial score (nSPS) is 13.1. The molecule has 0 aliphatic rings. The first kappa shape index (κ1) is 14.8. The summed E-state index contributed by atoms with van der Waals surface area (Å²) in [7, 11) is 1.40. The van der Waals surface area contributed by atoms with E-state index in [0.717, 1.165) is 0 Å². The number of sulfonamides is 1. The number of nitrogens with zero attached hydrogens (tertiary/aromatic N) is 1. The van der Waals surface area contributed by atoms with Gasteiger partial charge < -0.3 is 10.1 Å². The first-order chi connectivity index (χ1) is 8.45. The predicted octanol–water partition coefficient (Wildman–Crippen LogP) is 1.07. The first-order valence-electron chi connectivity index (χ1n) is 5.70. The molecule has 1 atom stereocenters. The van der Waals surface area contributed by atoms with Gasteiger partial charge in [-0.2, -0.15) is 0 Å². The molecule has 0 amide bonds. The molecule has 0 radical (unpaired) electrons. The summed E-state index contributed by atoms with van der Waals surface area (Å²) in [5.74, 6) is 0.542. The number of hydrogen-bond donors (Lipinski definition) is 1. The van der Waals surface area contributed by atoms with Gasteiger partial charge in [0.05, 0.1) is 18.0 Å². The Morgan fingerprint density at radius 3 is 2.56 bits per heavy atom. The van der Waals surface area contributed by atoms with Crippen molar-refractivity contribution in [2.75, 3.05) is 32.1 Å². The molecule has 1 unspecified atom stereocenters. The van der Waals surface area contributed by atoms with Gasteiger partial charge in [-0.15, -0.1) is 0 Å². The summed E-state index contributed by atoms with van der Waals surface area (Å²) in [5.41, 5.74) is 0.544. The Morgan fingerprint density at radius 1 is 1.39 bits per heavy atom. The molecule has 1 aromatic carbocycles. The van der Waals surface area contributed by atoms with Gasteiger partial charge in [-0.05, 0) is 26.1 Å². The molecule has 6 heteroatoms. The van der Waals surface area contributed by atoms with E-state index < -0.39 is 15.3 Å². The van der Waals surface area contributed by atoms with Crippen LogP contribution in [0.1, 0.15) is 6.92 Å². The first-order valence-corrected chi connectivity index (χ1v) is 7.20. The number of nitrogens with one attached hydrogen (secondary N) is 1. The van der Waals surface area contributed by atoms with Gasteiger partial charge in [0.25, 0.3) is 0 Å². The number of hydrogen-bond acceptors (Lipinski definition) is 4. The zero-order valence-electron chi connectivity index (χ0n) is 11.2. The zero-order valence-corrected chi connectivity index (χ0v) is 12.0. The third-order valence-electron chi connectivity index (χ3n) is 2.81. The lowest BCUT2D eigenvalue weighted by Crippen LogP contribution is -2.39. The van der Waals surface area contributed by atoms with E-state index in [1.165, 1.54) is 11.4 Å². The van der Waals surface area contributed by atoms with Crippen molar-refractivity contribution in [3.05, 3.63) is 24.3 Å². The second kappa shape index (κ2) is 6.06. The van der Waals surface area contributed by atoms with Crippen molar-refractivity contribution in [2.24, 2.45) is 0 Å². The van der Waals surface area contributed by atoms with Crippen molar-refractivity contribution < 1.29 is 13.2 Å². The van der Waals surface area contributed by atoms with E-state index in [2.05, 4.69) is 5.32 Å². The second-order valence-corrected chi connectivity index (χ2v) is 6.43. The Bertz CT molecular complexity index is 488.